The van der Waals surface area contributed by atoms with Crippen molar-refractivity contribution in [3.63, 3.8) is 0 Å². The van der Waals surface area contributed by atoms with Crippen molar-refractivity contribution in [2.45, 2.75) is 13.5 Å². The van der Waals surface area contributed by atoms with E-state index in [1.807, 2.05) is 6.92 Å². The van der Waals surface area contributed by atoms with Crippen LogP contribution < -0.4 is 10.6 Å². The molecule has 1 heterocycles. The van der Waals surface area contributed by atoms with Crippen molar-refractivity contribution >= 4 is 23.3 Å². The van der Waals surface area contributed by atoms with Gasteiger partial charge in [-0.25, -0.2) is 4.39 Å². The molecule has 0 aliphatic heterocycles. The maximum absolute atomic E-state index is 13.5. The summed E-state index contributed by atoms with van der Waals surface area (Å²) in [7, 11) is 0. The van der Waals surface area contributed by atoms with Gasteiger partial charge < -0.3 is 15.1 Å². The molecule has 2 aromatic rings. The quantitative estimate of drug-likeness (QED) is 0.875. The van der Waals surface area contributed by atoms with Gasteiger partial charge in [-0.2, -0.15) is 0 Å². The van der Waals surface area contributed by atoms with Crippen LogP contribution in [0, 0.1) is 5.82 Å². The third-order valence-corrected chi connectivity index (χ3v) is 2.40. The predicted molar refractivity (Wildman–Crippen MR) is 66.4 cm³/mol. The average Bonchev–Trinajstić information content (AvgIpc) is 2.78. The first-order valence-corrected chi connectivity index (χ1v) is 5.82. The van der Waals surface area contributed by atoms with Gasteiger partial charge in [-0.05, 0) is 24.7 Å². The molecule has 0 aliphatic rings. The van der Waals surface area contributed by atoms with Gasteiger partial charge in [0.1, 0.15) is 5.82 Å². The summed E-state index contributed by atoms with van der Waals surface area (Å²) in [6.45, 7) is 3.25. The molecule has 5 nitrogen and oxygen atoms in total. The van der Waals surface area contributed by atoms with Crippen LogP contribution in [0.5, 0.6) is 0 Å². The minimum atomic E-state index is -0.478. The standard InChI is InChI=1S/C11H12ClFN4O/c1-2-14-6-10-16-17-11(18-10)15-9-4-3-7(12)5-8(9)13/h3-5,14H,2,6H2,1H3,(H,15,17). The third-order valence-electron chi connectivity index (χ3n) is 2.17. The van der Waals surface area contributed by atoms with E-state index in [0.29, 0.717) is 17.5 Å². The summed E-state index contributed by atoms with van der Waals surface area (Å²) < 4.78 is 18.8. The summed E-state index contributed by atoms with van der Waals surface area (Å²) in [6.07, 6.45) is 0. The lowest BCUT2D eigenvalue weighted by Gasteiger charge is -2.02. The van der Waals surface area contributed by atoms with Crippen molar-refractivity contribution < 1.29 is 8.81 Å². The van der Waals surface area contributed by atoms with Crippen molar-refractivity contribution in [3.8, 4) is 0 Å². The fourth-order valence-electron chi connectivity index (χ4n) is 1.31. The summed E-state index contributed by atoms with van der Waals surface area (Å²) in [4.78, 5) is 0. The minimum absolute atomic E-state index is 0.143. The molecule has 1 aromatic heterocycles. The second-order valence-corrected chi connectivity index (χ2v) is 3.97. The van der Waals surface area contributed by atoms with E-state index in [0.717, 1.165) is 6.54 Å². The third kappa shape index (κ3) is 3.18. The molecular weight excluding hydrogens is 259 g/mol. The number of benzene rings is 1. The summed E-state index contributed by atoms with van der Waals surface area (Å²) in [5.41, 5.74) is 0.234. The van der Waals surface area contributed by atoms with Crippen molar-refractivity contribution in [1.82, 2.24) is 15.5 Å². The summed E-state index contributed by atoms with van der Waals surface area (Å²) in [5.74, 6) is -0.0392. The SMILES string of the molecule is CCNCc1nnc(Nc2ccc(Cl)cc2F)o1. The molecule has 0 saturated carbocycles. The topological polar surface area (TPSA) is 63.0 Å². The van der Waals surface area contributed by atoms with E-state index in [-0.39, 0.29) is 11.7 Å². The fourth-order valence-corrected chi connectivity index (χ4v) is 1.47. The van der Waals surface area contributed by atoms with E-state index < -0.39 is 5.82 Å². The van der Waals surface area contributed by atoms with Gasteiger partial charge in [-0.15, -0.1) is 5.10 Å². The number of rotatable bonds is 5. The van der Waals surface area contributed by atoms with Crippen LogP contribution in [-0.4, -0.2) is 16.7 Å². The van der Waals surface area contributed by atoms with Gasteiger partial charge in [0.25, 0.3) is 0 Å². The number of hydrogen-bond donors (Lipinski definition) is 2. The molecule has 0 fully saturated rings. The Labute approximate surface area is 108 Å². The van der Waals surface area contributed by atoms with Gasteiger partial charge in [0.15, 0.2) is 0 Å². The smallest absolute Gasteiger partial charge is 0.320 e. The van der Waals surface area contributed by atoms with Crippen LogP contribution in [0.2, 0.25) is 5.02 Å². The van der Waals surface area contributed by atoms with E-state index in [9.17, 15) is 4.39 Å². The van der Waals surface area contributed by atoms with Crippen LogP contribution in [0.4, 0.5) is 16.1 Å². The van der Waals surface area contributed by atoms with Crippen molar-refractivity contribution in [1.29, 1.82) is 0 Å². The second-order valence-electron chi connectivity index (χ2n) is 3.53. The molecule has 0 bridgehead atoms. The zero-order valence-electron chi connectivity index (χ0n) is 9.70. The normalized spacial score (nSPS) is 10.6. The highest BCUT2D eigenvalue weighted by molar-refractivity contribution is 6.30. The number of aromatic nitrogens is 2. The second kappa shape index (κ2) is 5.79. The highest BCUT2D eigenvalue weighted by Crippen LogP contribution is 2.22. The maximum Gasteiger partial charge on any atom is 0.320 e. The van der Waals surface area contributed by atoms with Crippen LogP contribution in [0.25, 0.3) is 0 Å². The molecule has 0 saturated heterocycles. The maximum atomic E-state index is 13.5. The van der Waals surface area contributed by atoms with Crippen molar-refractivity contribution in [2.75, 3.05) is 11.9 Å². The molecule has 2 rings (SSSR count). The Hall–Kier alpha value is -1.66. The molecule has 0 aliphatic carbocycles. The van der Waals surface area contributed by atoms with E-state index in [1.165, 1.54) is 12.1 Å². The molecule has 0 radical (unpaired) electrons. The molecule has 2 N–H and O–H groups in total. The van der Waals surface area contributed by atoms with E-state index >= 15 is 0 Å². The Morgan fingerprint density at radius 1 is 1.39 bits per heavy atom. The first-order chi connectivity index (χ1) is 8.69. The number of hydrogen-bond acceptors (Lipinski definition) is 5. The Morgan fingerprint density at radius 2 is 2.22 bits per heavy atom. The molecule has 96 valence electrons. The summed E-state index contributed by atoms with van der Waals surface area (Å²) >= 11 is 5.65. The van der Waals surface area contributed by atoms with Crippen LogP contribution in [0.1, 0.15) is 12.8 Å². The molecule has 1 aromatic carbocycles. The first-order valence-electron chi connectivity index (χ1n) is 5.44. The van der Waals surface area contributed by atoms with Gasteiger partial charge in [0.05, 0.1) is 12.2 Å². The molecule has 0 amide bonds. The van der Waals surface area contributed by atoms with Gasteiger partial charge >= 0.3 is 6.01 Å². The Morgan fingerprint density at radius 3 is 2.94 bits per heavy atom. The number of nitrogens with one attached hydrogen (secondary N) is 2. The van der Waals surface area contributed by atoms with Gasteiger partial charge in [-0.3, -0.25) is 0 Å². The molecule has 18 heavy (non-hydrogen) atoms. The van der Waals surface area contributed by atoms with Crippen LogP contribution in [0.15, 0.2) is 22.6 Å². The Balaban J connectivity index is 2.06. The predicted octanol–water partition coefficient (Wildman–Crippen LogP) is 2.72. The average molecular weight is 271 g/mol. The lowest BCUT2D eigenvalue weighted by molar-refractivity contribution is 0.484. The highest BCUT2D eigenvalue weighted by Gasteiger charge is 2.08. The van der Waals surface area contributed by atoms with Gasteiger partial charge in [-0.1, -0.05) is 23.6 Å². The van der Waals surface area contributed by atoms with Crippen molar-refractivity contribution in [2.24, 2.45) is 0 Å². The van der Waals surface area contributed by atoms with Crippen LogP contribution >= 0.6 is 11.6 Å². The van der Waals surface area contributed by atoms with E-state index in [4.69, 9.17) is 16.0 Å². The molecule has 0 atom stereocenters. The highest BCUT2D eigenvalue weighted by atomic mass is 35.5. The Bertz CT molecular complexity index is 532. The first kappa shape index (κ1) is 12.8. The lowest BCUT2D eigenvalue weighted by atomic mass is 10.3. The van der Waals surface area contributed by atoms with Gasteiger partial charge in [0, 0.05) is 5.02 Å². The van der Waals surface area contributed by atoms with Crippen LogP contribution in [0.3, 0.4) is 0 Å². The monoisotopic (exact) mass is 270 g/mol. The van der Waals surface area contributed by atoms with Gasteiger partial charge in [0.2, 0.25) is 5.89 Å². The zero-order valence-corrected chi connectivity index (χ0v) is 10.5. The zero-order chi connectivity index (χ0) is 13.0. The molecule has 0 spiro atoms. The van der Waals surface area contributed by atoms with Crippen molar-refractivity contribution in [3.05, 3.63) is 34.9 Å². The van der Waals surface area contributed by atoms with Crippen LogP contribution in [-0.2, 0) is 6.54 Å². The largest absolute Gasteiger partial charge is 0.406 e. The lowest BCUT2D eigenvalue weighted by Crippen LogP contribution is -2.11. The summed E-state index contributed by atoms with van der Waals surface area (Å²) in [6, 6.07) is 4.43. The molecule has 0 unspecified atom stereocenters. The minimum Gasteiger partial charge on any atom is -0.406 e. The Kier molecular flexibility index (Phi) is 4.11. The summed E-state index contributed by atoms with van der Waals surface area (Å²) in [5, 5.41) is 13.6. The number of halogens is 2. The number of nitrogens with zero attached hydrogens (tertiary/aromatic N) is 2. The van der Waals surface area contributed by atoms with E-state index in [2.05, 4.69) is 20.8 Å². The molecular formula is C11H12ClFN4O. The molecule has 7 heteroatoms. The fraction of sp³-hybridized carbons (Fsp3) is 0.273. The van der Waals surface area contributed by atoms with E-state index in [1.54, 1.807) is 6.07 Å². The number of anilines is 2.